The highest BCUT2D eigenvalue weighted by atomic mass is 32.2. The Hall–Kier alpha value is -1.00. The van der Waals surface area contributed by atoms with Crippen molar-refractivity contribution in [1.29, 1.82) is 0 Å². The van der Waals surface area contributed by atoms with Crippen molar-refractivity contribution in [3.05, 3.63) is 24.0 Å². The van der Waals surface area contributed by atoms with E-state index in [0.717, 1.165) is 25.3 Å². The van der Waals surface area contributed by atoms with E-state index in [1.54, 1.807) is 0 Å². The zero-order chi connectivity index (χ0) is 17.3. The molecule has 0 aliphatic heterocycles. The number of halogens is 4. The van der Waals surface area contributed by atoms with Crippen molar-refractivity contribution in [3.8, 4) is 0 Å². The molecule has 0 bridgehead atoms. The summed E-state index contributed by atoms with van der Waals surface area (Å²) in [5.74, 6) is -1.36. The number of hydrogen-bond acceptors (Lipinski definition) is 3. The van der Waals surface area contributed by atoms with Gasteiger partial charge in [-0.25, -0.2) is 21.7 Å². The first-order valence-electron chi connectivity index (χ1n) is 6.92. The van der Waals surface area contributed by atoms with Gasteiger partial charge in [0.2, 0.25) is 10.0 Å². The summed E-state index contributed by atoms with van der Waals surface area (Å²) in [6.45, 7) is 0. The van der Waals surface area contributed by atoms with Crippen LogP contribution in [0.25, 0.3) is 0 Å². The molecule has 1 aliphatic rings. The highest BCUT2D eigenvalue weighted by Crippen LogP contribution is 2.29. The van der Waals surface area contributed by atoms with Crippen LogP contribution in [0.2, 0.25) is 0 Å². The molecule has 1 aliphatic carbocycles. The molecule has 1 saturated carbocycles. The van der Waals surface area contributed by atoms with Crippen LogP contribution < -0.4 is 4.72 Å². The van der Waals surface area contributed by atoms with E-state index in [9.17, 15) is 30.2 Å². The average Bonchev–Trinajstić information content (AvgIpc) is 2.46. The Morgan fingerprint density at radius 2 is 1.74 bits per heavy atom. The zero-order valence-electron chi connectivity index (χ0n) is 11.9. The minimum atomic E-state index is -5.17. The summed E-state index contributed by atoms with van der Waals surface area (Å²) in [7, 11) is -7.73. The highest BCUT2D eigenvalue weighted by Gasteiger charge is 2.40. The Kier molecular flexibility index (Phi) is 5.47. The van der Waals surface area contributed by atoms with E-state index in [1.165, 1.54) is 0 Å². The van der Waals surface area contributed by atoms with Gasteiger partial charge in [0.15, 0.2) is 10.8 Å². The van der Waals surface area contributed by atoms with Crippen molar-refractivity contribution in [3.63, 3.8) is 0 Å². The van der Waals surface area contributed by atoms with Gasteiger partial charge >= 0.3 is 5.51 Å². The molecule has 10 heteroatoms. The Morgan fingerprint density at radius 3 is 2.30 bits per heavy atom. The van der Waals surface area contributed by atoms with Crippen LogP contribution in [0.1, 0.15) is 32.1 Å². The summed E-state index contributed by atoms with van der Waals surface area (Å²) >= 11 is 0. The van der Waals surface area contributed by atoms with Crippen LogP contribution in [-0.4, -0.2) is 24.2 Å². The molecule has 0 radical (unpaired) electrons. The van der Waals surface area contributed by atoms with Crippen molar-refractivity contribution in [2.45, 2.75) is 53.4 Å². The van der Waals surface area contributed by atoms with Crippen LogP contribution in [0.5, 0.6) is 0 Å². The predicted molar refractivity (Wildman–Crippen MR) is 76.1 cm³/mol. The number of benzene rings is 1. The summed E-state index contributed by atoms with van der Waals surface area (Å²) in [5.41, 5.74) is -5.17. The fraction of sp³-hybridized carbons (Fsp3) is 0.538. The Labute approximate surface area is 133 Å². The minimum Gasteiger partial charge on any atom is -0.245 e. The fourth-order valence-electron chi connectivity index (χ4n) is 2.43. The SMILES string of the molecule is O=S(c1cc(S(=O)(=O)NC2CCCCC2)ccc1F)C(F)(F)F. The standard InChI is InChI=1S/C13H15F4NO3S2/c14-11-7-6-10(8-12(11)22(19)13(15,16)17)23(20,21)18-9-4-2-1-3-5-9/h6-9,18H,1-5H2. The number of rotatable bonds is 4. The van der Waals surface area contributed by atoms with E-state index in [4.69, 9.17) is 0 Å². The lowest BCUT2D eigenvalue weighted by Crippen LogP contribution is -2.36. The van der Waals surface area contributed by atoms with Gasteiger partial charge in [-0.2, -0.15) is 13.2 Å². The molecular formula is C13H15F4NO3S2. The first kappa shape index (κ1) is 18.3. The molecule has 1 aromatic carbocycles. The molecule has 1 unspecified atom stereocenters. The monoisotopic (exact) mass is 373 g/mol. The molecule has 1 fully saturated rings. The van der Waals surface area contributed by atoms with E-state index in [0.29, 0.717) is 25.0 Å². The molecule has 0 aromatic heterocycles. The van der Waals surface area contributed by atoms with Gasteiger partial charge in [0.25, 0.3) is 0 Å². The Morgan fingerprint density at radius 1 is 1.13 bits per heavy atom. The number of hydrogen-bond donors (Lipinski definition) is 1. The van der Waals surface area contributed by atoms with Gasteiger partial charge in [0.1, 0.15) is 5.82 Å². The van der Waals surface area contributed by atoms with E-state index >= 15 is 0 Å². The molecule has 2 rings (SSSR count). The summed E-state index contributed by atoms with van der Waals surface area (Å²) in [6, 6.07) is 1.62. The topological polar surface area (TPSA) is 63.2 Å². The van der Waals surface area contributed by atoms with Crippen molar-refractivity contribution < 1.29 is 30.2 Å². The van der Waals surface area contributed by atoms with E-state index in [1.807, 2.05) is 0 Å². The molecule has 23 heavy (non-hydrogen) atoms. The first-order chi connectivity index (χ1) is 10.6. The van der Waals surface area contributed by atoms with Gasteiger partial charge < -0.3 is 0 Å². The fourth-order valence-corrected chi connectivity index (χ4v) is 4.56. The van der Waals surface area contributed by atoms with Crippen molar-refractivity contribution in [2.75, 3.05) is 0 Å². The van der Waals surface area contributed by atoms with Crippen molar-refractivity contribution in [1.82, 2.24) is 4.72 Å². The summed E-state index contributed by atoms with van der Waals surface area (Å²) in [6.07, 6.45) is 4.01. The van der Waals surface area contributed by atoms with E-state index < -0.39 is 41.9 Å². The quantitative estimate of drug-likeness (QED) is 0.825. The lowest BCUT2D eigenvalue weighted by atomic mass is 9.96. The van der Waals surface area contributed by atoms with Gasteiger partial charge in [0, 0.05) is 6.04 Å². The van der Waals surface area contributed by atoms with Crippen molar-refractivity contribution >= 4 is 20.8 Å². The van der Waals surface area contributed by atoms with E-state index in [2.05, 4.69) is 4.72 Å². The molecule has 1 atom stereocenters. The third-order valence-corrected chi connectivity index (χ3v) is 6.20. The number of alkyl halides is 3. The van der Waals surface area contributed by atoms with Crippen LogP contribution >= 0.6 is 0 Å². The summed E-state index contributed by atoms with van der Waals surface area (Å²) in [5, 5.41) is 0. The normalized spacial score (nSPS) is 18.8. The predicted octanol–water partition coefficient (Wildman–Crippen LogP) is 3.06. The second kappa shape index (κ2) is 6.86. The maximum Gasteiger partial charge on any atom is 0.475 e. The van der Waals surface area contributed by atoms with Gasteiger partial charge in [0.05, 0.1) is 9.79 Å². The van der Waals surface area contributed by atoms with Gasteiger partial charge in [-0.05, 0) is 31.0 Å². The lowest BCUT2D eigenvalue weighted by molar-refractivity contribution is -0.0386. The zero-order valence-corrected chi connectivity index (χ0v) is 13.5. The van der Waals surface area contributed by atoms with Crippen LogP contribution in [0.3, 0.4) is 0 Å². The van der Waals surface area contributed by atoms with Crippen LogP contribution in [0.15, 0.2) is 28.0 Å². The highest BCUT2D eigenvalue weighted by molar-refractivity contribution is 7.89. The number of sulfonamides is 1. The maximum atomic E-state index is 13.5. The molecule has 0 saturated heterocycles. The molecule has 1 N–H and O–H groups in total. The minimum absolute atomic E-state index is 0.296. The second-order valence-corrected chi connectivity index (χ2v) is 8.42. The van der Waals surface area contributed by atoms with Crippen LogP contribution in [-0.2, 0) is 20.8 Å². The molecule has 0 heterocycles. The van der Waals surface area contributed by atoms with Gasteiger partial charge in [-0.3, -0.25) is 0 Å². The Balaban J connectivity index is 2.30. The van der Waals surface area contributed by atoms with E-state index in [-0.39, 0.29) is 6.04 Å². The van der Waals surface area contributed by atoms with Crippen molar-refractivity contribution in [2.24, 2.45) is 0 Å². The summed E-state index contributed by atoms with van der Waals surface area (Å²) < 4.78 is 89.1. The third kappa shape index (κ3) is 4.51. The maximum absolute atomic E-state index is 13.5. The molecule has 130 valence electrons. The molecule has 0 spiro atoms. The average molecular weight is 373 g/mol. The smallest absolute Gasteiger partial charge is 0.245 e. The van der Waals surface area contributed by atoms with Crippen LogP contribution in [0.4, 0.5) is 17.6 Å². The second-order valence-electron chi connectivity index (χ2n) is 5.26. The third-order valence-electron chi connectivity index (χ3n) is 3.55. The Bertz CT molecular complexity index is 698. The largest absolute Gasteiger partial charge is 0.475 e. The first-order valence-corrected chi connectivity index (χ1v) is 9.55. The van der Waals surface area contributed by atoms with Crippen LogP contribution in [0, 0.1) is 5.82 Å². The number of nitrogens with one attached hydrogen (secondary N) is 1. The molecule has 4 nitrogen and oxygen atoms in total. The summed E-state index contributed by atoms with van der Waals surface area (Å²) in [4.78, 5) is -1.72. The molecule has 1 aromatic rings. The van der Waals surface area contributed by atoms with Gasteiger partial charge in [-0.1, -0.05) is 19.3 Å². The molecular weight excluding hydrogens is 358 g/mol. The van der Waals surface area contributed by atoms with Gasteiger partial charge in [-0.15, -0.1) is 0 Å². The molecule has 0 amide bonds. The lowest BCUT2D eigenvalue weighted by Gasteiger charge is -2.22.